The third kappa shape index (κ3) is 4.21. The van der Waals surface area contributed by atoms with Crippen LogP contribution in [0.1, 0.15) is 28.8 Å². The summed E-state index contributed by atoms with van der Waals surface area (Å²) in [4.78, 5) is 28.2. The van der Waals surface area contributed by atoms with Crippen molar-refractivity contribution in [3.8, 4) is 6.07 Å². The minimum absolute atomic E-state index is 0.0649. The van der Waals surface area contributed by atoms with Gasteiger partial charge in [0.15, 0.2) is 0 Å². The zero-order chi connectivity index (χ0) is 18.7. The number of hydrogen-bond acceptors (Lipinski definition) is 5. The number of nitrogens with one attached hydrogen (secondary N) is 1. The molecule has 2 saturated heterocycles. The number of nitrogens with zero attached hydrogens (tertiary/aromatic N) is 3. The van der Waals surface area contributed by atoms with Gasteiger partial charge in [0, 0.05) is 44.8 Å². The van der Waals surface area contributed by atoms with Gasteiger partial charge < -0.3 is 15.0 Å². The molecular formula is C19H24N4O3. The number of hydrogen-bond donors (Lipinski definition) is 1. The Morgan fingerprint density at radius 1 is 1.31 bits per heavy atom. The molecule has 1 aromatic rings. The van der Waals surface area contributed by atoms with Gasteiger partial charge in [0.25, 0.3) is 5.91 Å². The number of carbonyl (C=O) groups is 2. The van der Waals surface area contributed by atoms with E-state index in [2.05, 4.69) is 10.2 Å². The Hall–Kier alpha value is -2.43. The first-order valence-corrected chi connectivity index (χ1v) is 8.83. The standard InChI is InChI=1S/C19H24N4O3/c1-22(2)18(24)8-17-11-23-10-15(7-16(23)12-26-17)21-19(25)14-5-3-13(9-20)4-6-14/h3-6,15-17H,7-8,10-12H2,1-2H3,(H,21,25)/t15-,16-,17-/m0/s1. The van der Waals surface area contributed by atoms with E-state index in [1.807, 2.05) is 6.07 Å². The molecule has 2 fully saturated rings. The molecular weight excluding hydrogens is 332 g/mol. The molecule has 2 heterocycles. The molecule has 0 aliphatic carbocycles. The maximum atomic E-state index is 12.4. The van der Waals surface area contributed by atoms with Crippen LogP contribution in [-0.4, -0.2) is 73.6 Å². The summed E-state index contributed by atoms with van der Waals surface area (Å²) in [7, 11) is 3.50. The largest absolute Gasteiger partial charge is 0.375 e. The van der Waals surface area contributed by atoms with Crippen molar-refractivity contribution in [2.45, 2.75) is 31.0 Å². The Labute approximate surface area is 153 Å². The predicted octanol–water partition coefficient (Wildman–Crippen LogP) is 0.608. The number of carbonyl (C=O) groups excluding carboxylic acids is 2. The van der Waals surface area contributed by atoms with Crippen molar-refractivity contribution in [1.29, 1.82) is 5.26 Å². The summed E-state index contributed by atoms with van der Waals surface area (Å²) in [6, 6.07) is 9.02. The van der Waals surface area contributed by atoms with Crippen molar-refractivity contribution in [3.63, 3.8) is 0 Å². The molecule has 0 radical (unpaired) electrons. The minimum atomic E-state index is -0.125. The van der Waals surface area contributed by atoms with E-state index < -0.39 is 0 Å². The molecule has 3 rings (SSSR count). The highest BCUT2D eigenvalue weighted by Crippen LogP contribution is 2.24. The zero-order valence-corrected chi connectivity index (χ0v) is 15.1. The highest BCUT2D eigenvalue weighted by molar-refractivity contribution is 5.94. The summed E-state index contributed by atoms with van der Waals surface area (Å²) in [5.41, 5.74) is 1.09. The van der Waals surface area contributed by atoms with Crippen LogP contribution in [0.5, 0.6) is 0 Å². The summed E-state index contributed by atoms with van der Waals surface area (Å²) in [5, 5.41) is 11.9. The van der Waals surface area contributed by atoms with E-state index in [9.17, 15) is 9.59 Å². The number of fused-ring (bicyclic) bond motifs is 1. The second-order valence-electron chi connectivity index (χ2n) is 7.15. The van der Waals surface area contributed by atoms with Crippen molar-refractivity contribution >= 4 is 11.8 Å². The molecule has 0 bridgehead atoms. The fourth-order valence-electron chi connectivity index (χ4n) is 3.51. The second kappa shape index (κ2) is 7.85. The van der Waals surface area contributed by atoms with E-state index >= 15 is 0 Å². The topological polar surface area (TPSA) is 85.7 Å². The first kappa shape index (κ1) is 18.4. The van der Waals surface area contributed by atoms with Crippen LogP contribution in [0.2, 0.25) is 0 Å². The van der Waals surface area contributed by atoms with Crippen LogP contribution in [0.25, 0.3) is 0 Å². The molecule has 2 aliphatic heterocycles. The lowest BCUT2D eigenvalue weighted by molar-refractivity contribution is -0.134. The number of amides is 2. The number of benzene rings is 1. The van der Waals surface area contributed by atoms with Gasteiger partial charge in [-0.2, -0.15) is 5.26 Å². The van der Waals surface area contributed by atoms with E-state index in [1.165, 1.54) is 0 Å². The first-order valence-electron chi connectivity index (χ1n) is 8.83. The van der Waals surface area contributed by atoms with Gasteiger partial charge in [-0.05, 0) is 30.7 Å². The Morgan fingerprint density at radius 2 is 2.04 bits per heavy atom. The van der Waals surface area contributed by atoms with Crippen LogP contribution in [0, 0.1) is 11.3 Å². The van der Waals surface area contributed by atoms with Gasteiger partial charge in [0.1, 0.15) is 0 Å². The zero-order valence-electron chi connectivity index (χ0n) is 15.1. The smallest absolute Gasteiger partial charge is 0.251 e. The van der Waals surface area contributed by atoms with Gasteiger partial charge in [-0.1, -0.05) is 0 Å². The fraction of sp³-hybridized carbons (Fsp3) is 0.526. The molecule has 1 aromatic carbocycles. The fourth-order valence-corrected chi connectivity index (χ4v) is 3.51. The van der Waals surface area contributed by atoms with Crippen molar-refractivity contribution in [2.75, 3.05) is 33.8 Å². The molecule has 0 unspecified atom stereocenters. The number of ether oxygens (including phenoxy) is 1. The molecule has 26 heavy (non-hydrogen) atoms. The van der Waals surface area contributed by atoms with Crippen LogP contribution in [0.4, 0.5) is 0 Å². The third-order valence-corrected chi connectivity index (χ3v) is 5.00. The molecule has 1 N–H and O–H groups in total. The molecule has 3 atom stereocenters. The quantitative estimate of drug-likeness (QED) is 0.854. The van der Waals surface area contributed by atoms with Crippen LogP contribution < -0.4 is 5.32 Å². The summed E-state index contributed by atoms with van der Waals surface area (Å²) >= 11 is 0. The first-order chi connectivity index (χ1) is 12.5. The molecule has 0 aromatic heterocycles. The maximum absolute atomic E-state index is 12.4. The Balaban J connectivity index is 1.52. The molecule has 7 heteroatoms. The van der Waals surface area contributed by atoms with Gasteiger partial charge in [-0.3, -0.25) is 14.5 Å². The van der Waals surface area contributed by atoms with Crippen LogP contribution >= 0.6 is 0 Å². The molecule has 7 nitrogen and oxygen atoms in total. The van der Waals surface area contributed by atoms with Gasteiger partial charge >= 0.3 is 0 Å². The molecule has 2 aliphatic rings. The average molecular weight is 356 g/mol. The van der Waals surface area contributed by atoms with E-state index in [4.69, 9.17) is 10.00 Å². The summed E-state index contributed by atoms with van der Waals surface area (Å²) < 4.78 is 5.84. The Kier molecular flexibility index (Phi) is 5.55. The lowest BCUT2D eigenvalue weighted by Crippen LogP contribution is -2.47. The molecule has 0 spiro atoms. The van der Waals surface area contributed by atoms with E-state index in [0.717, 1.165) is 13.0 Å². The van der Waals surface area contributed by atoms with Crippen molar-refractivity contribution < 1.29 is 14.3 Å². The van der Waals surface area contributed by atoms with Gasteiger partial charge in [-0.15, -0.1) is 0 Å². The van der Waals surface area contributed by atoms with Crippen molar-refractivity contribution in [3.05, 3.63) is 35.4 Å². The number of nitriles is 1. The Morgan fingerprint density at radius 3 is 2.69 bits per heavy atom. The van der Waals surface area contributed by atoms with E-state index in [0.29, 0.717) is 30.7 Å². The molecule has 0 saturated carbocycles. The summed E-state index contributed by atoms with van der Waals surface area (Å²) in [6.07, 6.45) is 1.14. The van der Waals surface area contributed by atoms with E-state index in [-0.39, 0.29) is 30.0 Å². The average Bonchev–Trinajstić information content (AvgIpc) is 3.03. The summed E-state index contributed by atoms with van der Waals surface area (Å²) in [5.74, 6) is -0.0575. The van der Waals surface area contributed by atoms with Crippen LogP contribution in [0.3, 0.4) is 0 Å². The normalized spacial score (nSPS) is 25.2. The number of rotatable bonds is 4. The number of morpholine rings is 1. The monoisotopic (exact) mass is 356 g/mol. The highest BCUT2D eigenvalue weighted by Gasteiger charge is 2.38. The lowest BCUT2D eigenvalue weighted by atomic mass is 10.1. The van der Waals surface area contributed by atoms with Gasteiger partial charge in [0.2, 0.25) is 5.91 Å². The SMILES string of the molecule is CN(C)C(=O)C[C@H]1CN2C[C@@H](NC(=O)c3ccc(C#N)cc3)C[C@H]2CO1. The summed E-state index contributed by atoms with van der Waals surface area (Å²) in [6.45, 7) is 2.07. The van der Waals surface area contributed by atoms with Crippen LogP contribution in [-0.2, 0) is 9.53 Å². The second-order valence-corrected chi connectivity index (χ2v) is 7.15. The minimum Gasteiger partial charge on any atom is -0.375 e. The predicted molar refractivity (Wildman–Crippen MR) is 95.4 cm³/mol. The Bertz CT molecular complexity index is 710. The van der Waals surface area contributed by atoms with E-state index in [1.54, 1.807) is 43.3 Å². The third-order valence-electron chi connectivity index (χ3n) is 5.00. The van der Waals surface area contributed by atoms with Crippen LogP contribution in [0.15, 0.2) is 24.3 Å². The van der Waals surface area contributed by atoms with Crippen molar-refractivity contribution in [2.24, 2.45) is 0 Å². The van der Waals surface area contributed by atoms with Gasteiger partial charge in [0.05, 0.1) is 30.8 Å². The molecule has 2 amide bonds. The van der Waals surface area contributed by atoms with Crippen molar-refractivity contribution in [1.82, 2.24) is 15.1 Å². The molecule has 138 valence electrons. The lowest BCUT2D eigenvalue weighted by Gasteiger charge is -2.35. The van der Waals surface area contributed by atoms with Gasteiger partial charge in [-0.25, -0.2) is 0 Å². The highest BCUT2D eigenvalue weighted by atomic mass is 16.5. The maximum Gasteiger partial charge on any atom is 0.251 e.